The summed E-state index contributed by atoms with van der Waals surface area (Å²) in [5, 5.41) is 41.0. The number of benzene rings is 1. The molecule has 4 aliphatic heterocycles. The van der Waals surface area contributed by atoms with E-state index in [1.807, 2.05) is 18.2 Å². The second kappa shape index (κ2) is 8.22. The van der Waals surface area contributed by atoms with Gasteiger partial charge in [0.15, 0.2) is 0 Å². The summed E-state index contributed by atoms with van der Waals surface area (Å²) in [5.74, 6) is 2.62. The molecule has 5 heterocycles. The van der Waals surface area contributed by atoms with Crippen LogP contribution in [0.4, 0.5) is 0 Å². The number of nitrogens with zero attached hydrogens (tertiary/aromatic N) is 1. The molecule has 5 aliphatic rings. The van der Waals surface area contributed by atoms with E-state index in [0.717, 1.165) is 35.7 Å². The fraction of sp³-hybridized carbons (Fsp3) is 0.680. The van der Waals surface area contributed by atoms with Crippen LogP contribution in [-0.2, 0) is 11.2 Å². The maximum absolute atomic E-state index is 10.3. The Morgan fingerprint density at radius 1 is 1.15 bits per heavy atom. The Morgan fingerprint density at radius 3 is 2.79 bits per heavy atom. The molecule has 5 N–H and O–H groups in total. The first-order valence-electron chi connectivity index (χ1n) is 12.3. The van der Waals surface area contributed by atoms with Gasteiger partial charge < -0.3 is 34.9 Å². The van der Waals surface area contributed by atoms with Gasteiger partial charge in [-0.3, -0.25) is 4.90 Å². The standard InChI is InChI=1S/C25H34N2O6/c1-2-13-7-12-8-17-20-15(5-6-27(10-12)21(13)17)16-9-14(3-4-18(16)26-20)32-25-24(31)23(30)22(29)19(11-28)33-25/h3-4,9,12-13,17,19,21-26,28-31H,2,5-8,10-11H2,1H3/t12-,13-,17-,19?,21?,22+,23-,24?,25-/m0/s1. The molecule has 180 valence electrons. The van der Waals surface area contributed by atoms with Crippen molar-refractivity contribution in [3.05, 3.63) is 29.5 Å². The van der Waals surface area contributed by atoms with Gasteiger partial charge in [-0.25, -0.2) is 0 Å². The fourth-order valence-electron chi connectivity index (χ4n) is 7.04. The van der Waals surface area contributed by atoms with Gasteiger partial charge in [0.1, 0.15) is 30.2 Å². The maximum Gasteiger partial charge on any atom is 0.229 e. The van der Waals surface area contributed by atoms with Crippen molar-refractivity contribution in [2.75, 3.05) is 19.7 Å². The highest BCUT2D eigenvalue weighted by atomic mass is 16.7. The zero-order valence-electron chi connectivity index (χ0n) is 18.9. The molecular weight excluding hydrogens is 424 g/mol. The number of H-pyrrole nitrogens is 1. The van der Waals surface area contributed by atoms with Gasteiger partial charge >= 0.3 is 0 Å². The lowest BCUT2D eigenvalue weighted by Crippen LogP contribution is -2.60. The molecule has 0 amide bonds. The van der Waals surface area contributed by atoms with Crippen LogP contribution < -0.4 is 4.74 Å². The molecule has 33 heavy (non-hydrogen) atoms. The van der Waals surface area contributed by atoms with Crippen LogP contribution in [0.15, 0.2) is 18.2 Å². The molecule has 4 unspecified atom stereocenters. The lowest BCUT2D eigenvalue weighted by Gasteiger charge is -2.53. The van der Waals surface area contributed by atoms with E-state index in [-0.39, 0.29) is 0 Å². The van der Waals surface area contributed by atoms with E-state index in [4.69, 9.17) is 9.47 Å². The van der Waals surface area contributed by atoms with E-state index in [0.29, 0.717) is 17.7 Å². The monoisotopic (exact) mass is 458 g/mol. The molecule has 0 spiro atoms. The number of rotatable bonds is 4. The number of fused-ring (bicyclic) bond motifs is 4. The van der Waals surface area contributed by atoms with Gasteiger partial charge in [-0.2, -0.15) is 0 Å². The molecule has 1 saturated carbocycles. The van der Waals surface area contributed by atoms with Crippen LogP contribution in [0.3, 0.4) is 0 Å². The van der Waals surface area contributed by atoms with Crippen molar-refractivity contribution in [1.29, 1.82) is 0 Å². The highest BCUT2D eigenvalue weighted by Gasteiger charge is 2.49. The molecule has 3 saturated heterocycles. The second-order valence-corrected chi connectivity index (χ2v) is 10.4. The number of aromatic nitrogens is 1. The number of ether oxygens (including phenoxy) is 2. The SMILES string of the molecule is CC[C@H]1C[C@H]2C[C@H]3c4[nH]c5ccc(O[C@H]6OC(CO)[C@@H](O)[C@H](O)C6O)cc5c4CCN(C2)C13. The van der Waals surface area contributed by atoms with Crippen molar-refractivity contribution in [3.63, 3.8) is 0 Å². The summed E-state index contributed by atoms with van der Waals surface area (Å²) in [6.07, 6.45) is -1.59. The molecule has 1 aliphatic carbocycles. The lowest BCUT2D eigenvalue weighted by molar-refractivity contribution is -0.277. The zero-order chi connectivity index (χ0) is 22.9. The summed E-state index contributed by atoms with van der Waals surface area (Å²) < 4.78 is 11.4. The summed E-state index contributed by atoms with van der Waals surface area (Å²) in [5.41, 5.74) is 3.83. The van der Waals surface area contributed by atoms with E-state index in [2.05, 4.69) is 16.8 Å². The number of hydrogen-bond acceptors (Lipinski definition) is 7. The molecule has 7 rings (SSSR count). The van der Waals surface area contributed by atoms with Crippen LogP contribution in [0.2, 0.25) is 0 Å². The number of hydrogen-bond donors (Lipinski definition) is 5. The summed E-state index contributed by atoms with van der Waals surface area (Å²) in [6, 6.07) is 6.43. The zero-order valence-corrected chi connectivity index (χ0v) is 18.9. The van der Waals surface area contributed by atoms with Crippen LogP contribution in [0.5, 0.6) is 5.75 Å². The Kier molecular flexibility index (Phi) is 5.44. The van der Waals surface area contributed by atoms with E-state index < -0.39 is 37.3 Å². The van der Waals surface area contributed by atoms with Crippen molar-refractivity contribution in [2.24, 2.45) is 11.8 Å². The minimum Gasteiger partial charge on any atom is -0.462 e. The van der Waals surface area contributed by atoms with Crippen molar-refractivity contribution >= 4 is 10.9 Å². The first kappa shape index (κ1) is 21.8. The van der Waals surface area contributed by atoms with Gasteiger partial charge in [0, 0.05) is 41.6 Å². The Balaban J connectivity index is 1.31. The van der Waals surface area contributed by atoms with Gasteiger partial charge in [0.05, 0.1) is 6.61 Å². The van der Waals surface area contributed by atoms with Crippen molar-refractivity contribution in [3.8, 4) is 5.75 Å². The summed E-state index contributed by atoms with van der Waals surface area (Å²) in [7, 11) is 0. The molecule has 8 heteroatoms. The molecule has 0 radical (unpaired) electrons. The average molecular weight is 459 g/mol. The van der Waals surface area contributed by atoms with Crippen molar-refractivity contribution in [2.45, 2.75) is 75.3 Å². The van der Waals surface area contributed by atoms with Crippen LogP contribution in [0.25, 0.3) is 10.9 Å². The van der Waals surface area contributed by atoms with E-state index in [9.17, 15) is 20.4 Å². The molecule has 1 aromatic carbocycles. The first-order chi connectivity index (χ1) is 16.0. The third-order valence-corrected chi connectivity index (χ3v) is 8.59. The molecule has 4 bridgehead atoms. The maximum atomic E-state index is 10.3. The van der Waals surface area contributed by atoms with Gasteiger partial charge in [0.2, 0.25) is 6.29 Å². The second-order valence-electron chi connectivity index (χ2n) is 10.4. The largest absolute Gasteiger partial charge is 0.462 e. The summed E-state index contributed by atoms with van der Waals surface area (Å²) in [4.78, 5) is 6.47. The normalized spacial score (nSPS) is 42.2. The highest BCUT2D eigenvalue weighted by Crippen LogP contribution is 2.51. The Morgan fingerprint density at radius 2 is 2.00 bits per heavy atom. The van der Waals surface area contributed by atoms with Gasteiger partial charge in [0.25, 0.3) is 0 Å². The summed E-state index contributed by atoms with van der Waals surface area (Å²) in [6.45, 7) is 4.15. The first-order valence-corrected chi connectivity index (χ1v) is 12.3. The number of nitrogens with one attached hydrogen (secondary N) is 1. The molecule has 8 nitrogen and oxygen atoms in total. The van der Waals surface area contributed by atoms with E-state index >= 15 is 0 Å². The van der Waals surface area contributed by atoms with E-state index in [1.54, 1.807) is 0 Å². The van der Waals surface area contributed by atoms with Crippen LogP contribution >= 0.6 is 0 Å². The van der Waals surface area contributed by atoms with Crippen LogP contribution in [0.1, 0.15) is 43.4 Å². The minimum atomic E-state index is -1.46. The predicted octanol–water partition coefficient (Wildman–Crippen LogP) is 1.11. The number of piperidine rings is 2. The average Bonchev–Trinajstić information content (AvgIpc) is 3.15. The van der Waals surface area contributed by atoms with Gasteiger partial charge in [-0.05, 0) is 54.9 Å². The number of aliphatic hydroxyl groups excluding tert-OH is 4. The third kappa shape index (κ3) is 3.42. The smallest absolute Gasteiger partial charge is 0.229 e. The molecular formula is C25H34N2O6. The van der Waals surface area contributed by atoms with Gasteiger partial charge in [-0.15, -0.1) is 0 Å². The molecule has 10 atom stereocenters. The van der Waals surface area contributed by atoms with E-state index in [1.165, 1.54) is 37.1 Å². The lowest BCUT2D eigenvalue weighted by atomic mass is 9.65. The highest BCUT2D eigenvalue weighted by molar-refractivity contribution is 5.86. The quantitative estimate of drug-likeness (QED) is 0.466. The van der Waals surface area contributed by atoms with Crippen LogP contribution in [0, 0.1) is 11.8 Å². The van der Waals surface area contributed by atoms with Crippen molar-refractivity contribution in [1.82, 2.24) is 9.88 Å². The van der Waals surface area contributed by atoms with Gasteiger partial charge in [-0.1, -0.05) is 13.3 Å². The Bertz CT molecular complexity index is 1020. The Hall–Kier alpha value is -1.68. The number of aromatic amines is 1. The Labute approximate surface area is 193 Å². The minimum absolute atomic E-state index is 0.478. The molecule has 2 aromatic rings. The topological polar surface area (TPSA) is 118 Å². The number of aliphatic hydroxyl groups is 4. The van der Waals surface area contributed by atoms with Crippen LogP contribution in [-0.4, -0.2) is 86.8 Å². The predicted molar refractivity (Wildman–Crippen MR) is 121 cm³/mol. The molecule has 1 aromatic heterocycles. The van der Waals surface area contributed by atoms with Crippen molar-refractivity contribution < 1.29 is 29.9 Å². The fourth-order valence-corrected chi connectivity index (χ4v) is 7.04. The molecule has 4 fully saturated rings. The third-order valence-electron chi connectivity index (χ3n) is 8.59. The summed E-state index contributed by atoms with van der Waals surface area (Å²) >= 11 is 0.